The van der Waals surface area contributed by atoms with Crippen LogP contribution in [0.25, 0.3) is 0 Å². The van der Waals surface area contributed by atoms with Crippen molar-refractivity contribution < 1.29 is 18.7 Å². The average Bonchev–Trinajstić information content (AvgIpc) is 2.61. The number of likely N-dealkylation sites (tertiary alicyclic amines) is 1. The number of aromatic hydroxyl groups is 1. The van der Waals surface area contributed by atoms with E-state index in [-0.39, 0.29) is 17.7 Å². The van der Waals surface area contributed by atoms with Gasteiger partial charge in [0.15, 0.2) is 0 Å². The minimum Gasteiger partial charge on any atom is -0.508 e. The summed E-state index contributed by atoms with van der Waals surface area (Å²) in [6.45, 7) is 3.12. The van der Waals surface area contributed by atoms with Crippen molar-refractivity contribution in [1.82, 2.24) is 15.5 Å². The molecule has 3 rings (SSSR count). The lowest BCUT2D eigenvalue weighted by Gasteiger charge is -2.31. The van der Waals surface area contributed by atoms with Gasteiger partial charge in [-0.3, -0.25) is 4.79 Å². The second-order valence-electron chi connectivity index (χ2n) is 6.90. The van der Waals surface area contributed by atoms with Crippen LogP contribution in [0.5, 0.6) is 5.75 Å². The first-order valence-corrected chi connectivity index (χ1v) is 8.85. The molecule has 0 radical (unpaired) electrons. The minimum atomic E-state index is -2.22. The number of piperidine rings is 1. The highest BCUT2D eigenvalue weighted by molar-refractivity contribution is 5.82. The largest absolute Gasteiger partial charge is 0.508 e. The molecule has 0 saturated carbocycles. The Morgan fingerprint density at radius 2 is 2.08 bits per heavy atom. The SMILES string of the molecule is O=C(NCCN1CCC(C(F)F)CC1)[C@H]1Cc2ccc(O)cc2CN1. The molecule has 0 spiro atoms. The first kappa shape index (κ1) is 18.1. The number of carbonyl (C=O) groups is 1. The van der Waals surface area contributed by atoms with Gasteiger partial charge < -0.3 is 20.6 Å². The Bertz CT molecular complexity index is 604. The van der Waals surface area contributed by atoms with Crippen molar-refractivity contribution in [3.05, 3.63) is 29.3 Å². The quantitative estimate of drug-likeness (QED) is 0.751. The Labute approximate surface area is 146 Å². The van der Waals surface area contributed by atoms with Crippen LogP contribution in [0.15, 0.2) is 18.2 Å². The lowest BCUT2D eigenvalue weighted by molar-refractivity contribution is -0.123. The van der Waals surface area contributed by atoms with Gasteiger partial charge in [-0.15, -0.1) is 0 Å². The van der Waals surface area contributed by atoms with E-state index in [9.17, 15) is 18.7 Å². The van der Waals surface area contributed by atoms with Crippen molar-refractivity contribution in [2.75, 3.05) is 26.2 Å². The Morgan fingerprint density at radius 1 is 1.32 bits per heavy atom. The summed E-state index contributed by atoms with van der Waals surface area (Å²) >= 11 is 0. The topological polar surface area (TPSA) is 64.6 Å². The van der Waals surface area contributed by atoms with Crippen molar-refractivity contribution in [2.45, 2.75) is 38.3 Å². The molecule has 2 heterocycles. The molecule has 0 aliphatic carbocycles. The molecule has 5 nitrogen and oxygen atoms in total. The summed E-state index contributed by atoms with van der Waals surface area (Å²) in [5, 5.41) is 15.6. The smallest absolute Gasteiger partial charge is 0.241 e. The van der Waals surface area contributed by atoms with Crippen LogP contribution < -0.4 is 10.6 Å². The van der Waals surface area contributed by atoms with E-state index in [1.54, 1.807) is 12.1 Å². The van der Waals surface area contributed by atoms with Crippen LogP contribution >= 0.6 is 0 Å². The van der Waals surface area contributed by atoms with Gasteiger partial charge in [0.2, 0.25) is 12.3 Å². The number of nitrogens with zero attached hydrogens (tertiary/aromatic N) is 1. The second kappa shape index (κ2) is 8.10. The summed E-state index contributed by atoms with van der Waals surface area (Å²) in [4.78, 5) is 14.4. The first-order chi connectivity index (χ1) is 12.0. The Morgan fingerprint density at radius 3 is 2.80 bits per heavy atom. The molecule has 2 aliphatic heterocycles. The van der Waals surface area contributed by atoms with E-state index in [4.69, 9.17) is 0 Å². The first-order valence-electron chi connectivity index (χ1n) is 8.85. The van der Waals surface area contributed by atoms with Crippen molar-refractivity contribution in [3.8, 4) is 5.75 Å². The molecular formula is C18H25F2N3O2. The predicted octanol–water partition coefficient (Wildman–Crippen LogP) is 1.50. The number of nitrogens with one attached hydrogen (secondary N) is 2. The van der Waals surface area contributed by atoms with Crippen molar-refractivity contribution in [3.63, 3.8) is 0 Å². The summed E-state index contributed by atoms with van der Waals surface area (Å²) in [6.07, 6.45) is -0.566. The van der Waals surface area contributed by atoms with Gasteiger partial charge in [-0.1, -0.05) is 6.07 Å². The van der Waals surface area contributed by atoms with Crippen LogP contribution in [0.4, 0.5) is 8.78 Å². The number of halogens is 2. The molecule has 1 aromatic carbocycles. The lowest BCUT2D eigenvalue weighted by Crippen LogP contribution is -2.49. The number of hydrogen-bond acceptors (Lipinski definition) is 4. The highest BCUT2D eigenvalue weighted by Gasteiger charge is 2.27. The number of benzene rings is 1. The van der Waals surface area contributed by atoms with Crippen molar-refractivity contribution in [1.29, 1.82) is 0 Å². The van der Waals surface area contributed by atoms with Gasteiger partial charge in [-0.2, -0.15) is 0 Å². The van der Waals surface area contributed by atoms with Gasteiger partial charge in [0.05, 0.1) is 6.04 Å². The number of rotatable bonds is 5. The van der Waals surface area contributed by atoms with Crippen molar-refractivity contribution in [2.24, 2.45) is 5.92 Å². The number of carbonyl (C=O) groups excluding carboxylic acids is 1. The van der Waals surface area contributed by atoms with E-state index in [0.29, 0.717) is 52.0 Å². The molecule has 2 aliphatic rings. The fourth-order valence-corrected chi connectivity index (χ4v) is 3.58. The molecule has 7 heteroatoms. The fourth-order valence-electron chi connectivity index (χ4n) is 3.58. The van der Waals surface area contributed by atoms with Crippen LogP contribution in [-0.2, 0) is 17.8 Å². The van der Waals surface area contributed by atoms with Gasteiger partial charge in [0, 0.05) is 25.6 Å². The zero-order valence-corrected chi connectivity index (χ0v) is 14.2. The maximum atomic E-state index is 12.6. The predicted molar refractivity (Wildman–Crippen MR) is 90.6 cm³/mol. The van der Waals surface area contributed by atoms with E-state index < -0.39 is 12.3 Å². The maximum Gasteiger partial charge on any atom is 0.241 e. The van der Waals surface area contributed by atoms with Crippen LogP contribution in [0.3, 0.4) is 0 Å². The molecule has 0 unspecified atom stereocenters. The summed E-state index contributed by atoms with van der Waals surface area (Å²) < 4.78 is 25.3. The van der Waals surface area contributed by atoms with E-state index >= 15 is 0 Å². The minimum absolute atomic E-state index is 0.0406. The number of fused-ring (bicyclic) bond motifs is 1. The molecule has 3 N–H and O–H groups in total. The summed E-state index contributed by atoms with van der Waals surface area (Å²) in [5.41, 5.74) is 2.09. The van der Waals surface area contributed by atoms with Crippen LogP contribution in [-0.4, -0.2) is 54.6 Å². The van der Waals surface area contributed by atoms with E-state index in [0.717, 1.165) is 11.1 Å². The van der Waals surface area contributed by atoms with Crippen LogP contribution in [0, 0.1) is 5.92 Å². The average molecular weight is 353 g/mol. The van der Waals surface area contributed by atoms with Crippen LogP contribution in [0.2, 0.25) is 0 Å². The summed E-state index contributed by atoms with van der Waals surface area (Å²) in [5.74, 6) is -0.281. The summed E-state index contributed by atoms with van der Waals surface area (Å²) in [7, 11) is 0. The summed E-state index contributed by atoms with van der Waals surface area (Å²) in [6, 6.07) is 4.95. The fraction of sp³-hybridized carbons (Fsp3) is 0.611. The van der Waals surface area contributed by atoms with Gasteiger partial charge in [-0.05, 0) is 55.6 Å². The molecular weight excluding hydrogens is 328 g/mol. The number of phenols is 1. The van der Waals surface area contributed by atoms with Gasteiger partial charge in [0.1, 0.15) is 5.75 Å². The lowest BCUT2D eigenvalue weighted by atomic mass is 9.95. The third-order valence-electron chi connectivity index (χ3n) is 5.19. The normalized spacial score (nSPS) is 22.0. The van der Waals surface area contributed by atoms with Gasteiger partial charge >= 0.3 is 0 Å². The molecule has 1 fully saturated rings. The number of hydrogen-bond donors (Lipinski definition) is 3. The maximum absolute atomic E-state index is 12.6. The van der Waals surface area contributed by atoms with E-state index in [2.05, 4.69) is 15.5 Å². The Balaban J connectivity index is 1.40. The third-order valence-corrected chi connectivity index (χ3v) is 5.19. The Hall–Kier alpha value is -1.73. The van der Waals surface area contributed by atoms with Crippen molar-refractivity contribution >= 4 is 5.91 Å². The second-order valence-corrected chi connectivity index (χ2v) is 6.90. The zero-order valence-electron chi connectivity index (χ0n) is 14.2. The molecule has 1 saturated heterocycles. The zero-order chi connectivity index (χ0) is 17.8. The molecule has 138 valence electrons. The standard InChI is InChI=1S/C18H25F2N3O2/c19-17(20)12-3-6-23(7-4-12)8-5-21-18(25)16-10-13-1-2-15(24)9-14(13)11-22-16/h1-2,9,12,16-17,22,24H,3-8,10-11H2,(H,21,25)/t16-/m1/s1. The molecule has 1 amide bonds. The number of phenolic OH excluding ortho intramolecular Hbond substituents is 1. The third kappa shape index (κ3) is 4.67. The molecule has 1 aromatic rings. The molecule has 0 aromatic heterocycles. The monoisotopic (exact) mass is 353 g/mol. The highest BCUT2D eigenvalue weighted by Crippen LogP contribution is 2.23. The van der Waals surface area contributed by atoms with E-state index in [1.807, 2.05) is 6.07 Å². The van der Waals surface area contributed by atoms with Crippen LogP contribution in [0.1, 0.15) is 24.0 Å². The molecule has 25 heavy (non-hydrogen) atoms. The van der Waals surface area contributed by atoms with E-state index in [1.165, 1.54) is 0 Å². The molecule has 0 bridgehead atoms. The highest BCUT2D eigenvalue weighted by atomic mass is 19.3. The van der Waals surface area contributed by atoms with Gasteiger partial charge in [-0.25, -0.2) is 8.78 Å². The molecule has 1 atom stereocenters. The van der Waals surface area contributed by atoms with Gasteiger partial charge in [0.25, 0.3) is 0 Å². The number of amides is 1. The number of alkyl halides is 2. The Kier molecular flexibility index (Phi) is 5.86.